The normalized spacial score (nSPS) is 10.0. The van der Waals surface area contributed by atoms with Gasteiger partial charge in [0, 0.05) is 22.8 Å². The van der Waals surface area contributed by atoms with E-state index >= 15 is 0 Å². The number of hydrogen-bond donors (Lipinski definition) is 5. The maximum Gasteiger partial charge on any atom is 0.243 e. The highest BCUT2D eigenvalue weighted by molar-refractivity contribution is 9.10. The van der Waals surface area contributed by atoms with E-state index < -0.39 is 17.9 Å². The highest BCUT2D eigenvalue weighted by atomic mass is 79.9. The number of nitrogens with zero attached hydrogens (tertiary/aromatic N) is 2. The highest BCUT2D eigenvalue weighted by Crippen LogP contribution is 2.23. The first kappa shape index (κ1) is 37.6. The van der Waals surface area contributed by atoms with Crippen molar-refractivity contribution in [2.24, 2.45) is 22.2 Å². The van der Waals surface area contributed by atoms with Crippen LogP contribution in [-0.4, -0.2) is 53.1 Å². The summed E-state index contributed by atoms with van der Waals surface area (Å²) in [5.74, 6) is -1.34. The van der Waals surface area contributed by atoms with Gasteiger partial charge in [-0.1, -0.05) is 22.0 Å². The summed E-state index contributed by atoms with van der Waals surface area (Å²) >= 11 is 3.32. The summed E-state index contributed by atoms with van der Waals surface area (Å²) in [6.07, 6.45) is 2.40. The molecule has 2 rings (SSSR count). The molecule has 1 aromatic heterocycles. The average molecular weight is 751 g/mol. The van der Waals surface area contributed by atoms with Gasteiger partial charge in [0.1, 0.15) is 5.69 Å². The molecule has 1 aromatic carbocycles. The zero-order valence-corrected chi connectivity index (χ0v) is 25.1. The smallest absolute Gasteiger partial charge is 0.243 e. The summed E-state index contributed by atoms with van der Waals surface area (Å²) in [5.41, 5.74) is 17.1. The van der Waals surface area contributed by atoms with Crippen molar-refractivity contribution in [3.8, 4) is 0 Å². The molecule has 0 aliphatic carbocycles. The Hall–Kier alpha value is -1.91. The van der Waals surface area contributed by atoms with Crippen LogP contribution in [0.25, 0.3) is 0 Å². The summed E-state index contributed by atoms with van der Waals surface area (Å²) < 4.78 is 0.671. The van der Waals surface area contributed by atoms with E-state index in [2.05, 4.69) is 36.5 Å². The zero-order valence-electron chi connectivity index (χ0n) is 18.4. The molecule has 0 aliphatic rings. The monoisotopic (exact) mass is 747 g/mol. The van der Waals surface area contributed by atoms with Crippen molar-refractivity contribution in [3.05, 3.63) is 58.3 Å². The van der Waals surface area contributed by atoms with Crippen LogP contribution in [-0.2, 0) is 9.59 Å². The third-order valence-electron chi connectivity index (χ3n) is 4.13. The van der Waals surface area contributed by atoms with Gasteiger partial charge in [0.25, 0.3) is 0 Å². The molecule has 0 radical (unpaired) electrons. The minimum atomic E-state index is -0.795. The van der Waals surface area contributed by atoms with E-state index in [4.69, 9.17) is 17.2 Å². The van der Waals surface area contributed by atoms with Crippen LogP contribution in [0.5, 0.6) is 0 Å². The number of ketones is 1. The molecule has 1 atom stereocenters. The Morgan fingerprint density at radius 3 is 2.37 bits per heavy atom. The molecule has 0 saturated heterocycles. The van der Waals surface area contributed by atoms with Gasteiger partial charge < -0.3 is 33.3 Å². The van der Waals surface area contributed by atoms with Gasteiger partial charge in [0.15, 0.2) is 5.96 Å². The summed E-state index contributed by atoms with van der Waals surface area (Å²) in [6.45, 7) is 0.0636. The molecule has 35 heavy (non-hydrogen) atoms. The highest BCUT2D eigenvalue weighted by Gasteiger charge is 2.18. The molecule has 2 amide bonds. The topological polar surface area (TPSA) is 210 Å². The number of aliphatic imine (C=N–C) groups is 1. The van der Waals surface area contributed by atoms with Crippen LogP contribution in [0.1, 0.15) is 28.9 Å². The fourth-order valence-electron chi connectivity index (χ4n) is 2.59. The minimum absolute atomic E-state index is 0. The van der Waals surface area contributed by atoms with E-state index in [1.807, 2.05) is 0 Å². The number of nitrogens with one attached hydrogen (secondary N) is 2. The Morgan fingerprint density at radius 1 is 1.09 bits per heavy atom. The van der Waals surface area contributed by atoms with Crippen molar-refractivity contribution < 1.29 is 19.9 Å². The quantitative estimate of drug-likeness (QED) is 0.104. The minimum Gasteiger partial charge on any atom is -0.412 e. The van der Waals surface area contributed by atoms with Gasteiger partial charge >= 0.3 is 0 Å². The van der Waals surface area contributed by atoms with Crippen LogP contribution in [0.15, 0.2) is 52.1 Å². The number of carbonyl (C=O) groups excluding carboxylic acids is 3. The van der Waals surface area contributed by atoms with Crippen LogP contribution in [0.3, 0.4) is 0 Å². The number of halogens is 4. The summed E-state index contributed by atoms with van der Waals surface area (Å²) in [6, 6.07) is 9.07. The first-order valence-corrected chi connectivity index (χ1v) is 10.2. The van der Waals surface area contributed by atoms with Gasteiger partial charge in [-0.05, 0) is 43.2 Å². The van der Waals surface area contributed by atoms with Crippen LogP contribution in [0.2, 0.25) is 0 Å². The molecule has 0 fully saturated rings. The second kappa shape index (κ2) is 19.3. The number of nitrogens with two attached hydrogens (primary N) is 3. The van der Waals surface area contributed by atoms with E-state index in [1.54, 1.807) is 36.4 Å². The molecule has 0 unspecified atom stereocenters. The van der Waals surface area contributed by atoms with Crippen LogP contribution in [0, 0.1) is 0 Å². The fourth-order valence-corrected chi connectivity index (χ4v) is 2.95. The van der Waals surface area contributed by atoms with Gasteiger partial charge in [-0.2, -0.15) is 0 Å². The average Bonchev–Trinajstić information content (AvgIpc) is 2.76. The van der Waals surface area contributed by atoms with Crippen molar-refractivity contribution in [1.82, 2.24) is 10.3 Å². The molecule has 2 aromatic rings. The summed E-state index contributed by atoms with van der Waals surface area (Å²) in [7, 11) is 0. The standard InChI is InChI=1S/C20H24BrN7O3.3BrH.H2O/c21-12-6-7-15(13(10-12)18(30)16-5-1-2-8-25-16)28-17(29)11-27-19(31)14(22)4-3-9-26-20(23)24;;;;/h1-2,5-8,10,14H,3-4,9,11,22H2,(H,27,31)(H,28,29)(H4,23,24,26);3*1H;1H2/t14-;;;;/m0..../s1. The molecule has 11 nitrogen and oxygen atoms in total. The molecular formula is C20H29Br4N7O4. The van der Waals surface area contributed by atoms with Gasteiger partial charge in [0.05, 0.1) is 18.3 Å². The molecule has 0 spiro atoms. The maximum absolute atomic E-state index is 12.8. The number of benzene rings is 1. The Bertz CT molecular complexity index is 977. The number of guanidine groups is 1. The summed E-state index contributed by atoms with van der Waals surface area (Å²) in [5, 5.41) is 5.11. The lowest BCUT2D eigenvalue weighted by atomic mass is 10.1. The Labute approximate surface area is 242 Å². The number of aromatic nitrogens is 1. The van der Waals surface area contributed by atoms with Crippen molar-refractivity contribution in [1.29, 1.82) is 0 Å². The van der Waals surface area contributed by atoms with E-state index in [1.165, 1.54) is 6.20 Å². The summed E-state index contributed by atoms with van der Waals surface area (Å²) in [4.78, 5) is 45.0. The third kappa shape index (κ3) is 13.1. The van der Waals surface area contributed by atoms with E-state index in [-0.39, 0.29) is 86.0 Å². The predicted octanol–water partition coefficient (Wildman–Crippen LogP) is 1.42. The maximum atomic E-state index is 12.8. The molecule has 0 saturated carbocycles. The van der Waals surface area contributed by atoms with Gasteiger partial charge in [0.2, 0.25) is 17.6 Å². The number of anilines is 1. The van der Waals surface area contributed by atoms with Crippen molar-refractivity contribution in [2.75, 3.05) is 18.4 Å². The molecule has 0 bridgehead atoms. The van der Waals surface area contributed by atoms with E-state index in [0.29, 0.717) is 29.5 Å². The number of rotatable bonds is 10. The second-order valence-corrected chi connectivity index (χ2v) is 7.47. The molecule has 15 heteroatoms. The number of hydrogen-bond acceptors (Lipinski definition) is 6. The lowest BCUT2D eigenvalue weighted by molar-refractivity contribution is -0.125. The largest absolute Gasteiger partial charge is 0.412 e. The van der Waals surface area contributed by atoms with Crippen LogP contribution >= 0.6 is 66.9 Å². The van der Waals surface area contributed by atoms with E-state index in [0.717, 1.165) is 0 Å². The molecule has 10 N–H and O–H groups in total. The SMILES string of the molecule is Br.Br.Br.NC(N)=NCCC[C@H](N)C(=O)NCC(=O)Nc1ccc(Br)cc1C(=O)c1ccccn1.O. The Kier molecular flexibility index (Phi) is 20.8. The van der Waals surface area contributed by atoms with Gasteiger partial charge in [-0.15, -0.1) is 50.9 Å². The van der Waals surface area contributed by atoms with Crippen molar-refractivity contribution in [2.45, 2.75) is 18.9 Å². The van der Waals surface area contributed by atoms with Gasteiger partial charge in [-0.3, -0.25) is 24.4 Å². The number of pyridine rings is 1. The zero-order chi connectivity index (χ0) is 22.8. The number of amides is 2. The first-order chi connectivity index (χ1) is 14.8. The van der Waals surface area contributed by atoms with Crippen molar-refractivity contribution in [3.63, 3.8) is 0 Å². The van der Waals surface area contributed by atoms with Crippen LogP contribution < -0.4 is 27.8 Å². The van der Waals surface area contributed by atoms with E-state index in [9.17, 15) is 14.4 Å². The Balaban J connectivity index is -0.00000256. The van der Waals surface area contributed by atoms with Gasteiger partial charge in [-0.25, -0.2) is 0 Å². The third-order valence-corrected chi connectivity index (χ3v) is 4.62. The second-order valence-electron chi connectivity index (χ2n) is 6.56. The lowest BCUT2D eigenvalue weighted by Crippen LogP contribution is -2.43. The molecular weight excluding hydrogens is 722 g/mol. The predicted molar refractivity (Wildman–Crippen MR) is 156 cm³/mol. The fraction of sp³-hybridized carbons (Fsp3) is 0.250. The van der Waals surface area contributed by atoms with Crippen LogP contribution in [0.4, 0.5) is 5.69 Å². The Morgan fingerprint density at radius 2 is 1.77 bits per heavy atom. The number of carbonyl (C=O) groups is 3. The molecule has 196 valence electrons. The lowest BCUT2D eigenvalue weighted by Gasteiger charge is -2.13. The molecule has 1 heterocycles. The first-order valence-electron chi connectivity index (χ1n) is 9.41. The molecule has 0 aliphatic heterocycles. The van der Waals surface area contributed by atoms with Crippen molar-refractivity contribution >= 4 is 96.1 Å².